The normalized spacial score (nSPS) is 12.7. The molecule has 18 aromatic carbocycles. The Kier molecular flexibility index (Phi) is 18.3. The molecule has 0 fully saturated rings. The highest BCUT2D eigenvalue weighted by molar-refractivity contribution is 6.18. The average Bonchev–Trinajstić information content (AvgIpc) is 1.53. The van der Waals surface area contributed by atoms with Crippen molar-refractivity contribution in [2.45, 2.75) is 24.7 Å². The highest BCUT2D eigenvalue weighted by Crippen LogP contribution is 2.57. The van der Waals surface area contributed by atoms with Gasteiger partial charge >= 0.3 is 0 Å². The number of fused-ring (bicyclic) bond motifs is 12. The Morgan fingerprint density at radius 3 is 0.905 bits per heavy atom. The summed E-state index contributed by atoms with van der Waals surface area (Å²) in [4.78, 5) is 31.4. The van der Waals surface area contributed by atoms with Gasteiger partial charge in [-0.2, -0.15) is 0 Å². The maximum atomic E-state index is 5.38. The molecule has 0 saturated carbocycles. The molecule has 4 heterocycles. The van der Waals surface area contributed by atoms with Crippen LogP contribution in [-0.2, 0) is 10.8 Å². The van der Waals surface area contributed by atoms with Crippen molar-refractivity contribution in [1.29, 1.82) is 0 Å². The molecular formula is C118H80N8. The third-order valence-electron chi connectivity index (χ3n) is 25.6. The van der Waals surface area contributed by atoms with Gasteiger partial charge in [-0.1, -0.05) is 378 Å². The second-order valence-corrected chi connectivity index (χ2v) is 33.2. The molecule has 2 aliphatic rings. The molecule has 24 rings (SSSR count). The molecule has 4 aromatic heterocycles. The molecule has 126 heavy (non-hydrogen) atoms. The van der Waals surface area contributed by atoms with Crippen LogP contribution in [0.5, 0.6) is 0 Å². The van der Waals surface area contributed by atoms with E-state index in [9.17, 15) is 0 Å². The van der Waals surface area contributed by atoms with E-state index in [-0.39, 0.29) is 5.41 Å². The van der Waals surface area contributed by atoms with Gasteiger partial charge in [-0.25, -0.2) is 29.9 Å². The van der Waals surface area contributed by atoms with E-state index in [4.69, 9.17) is 29.9 Å². The van der Waals surface area contributed by atoms with Gasteiger partial charge in [-0.15, -0.1) is 0 Å². The van der Waals surface area contributed by atoms with Gasteiger partial charge in [-0.3, -0.25) is 0 Å². The minimum Gasteiger partial charge on any atom is -0.309 e. The smallest absolute Gasteiger partial charge is 0.164 e. The van der Waals surface area contributed by atoms with Crippen LogP contribution in [0.1, 0.15) is 47.2 Å². The number of nitrogens with zero attached hydrogens (tertiary/aromatic N) is 8. The van der Waals surface area contributed by atoms with Crippen molar-refractivity contribution < 1.29 is 0 Å². The maximum Gasteiger partial charge on any atom is 0.164 e. The summed E-state index contributed by atoms with van der Waals surface area (Å²) in [7, 11) is 0. The topological polar surface area (TPSA) is 87.2 Å². The Balaban J connectivity index is 0.000000147. The van der Waals surface area contributed by atoms with Gasteiger partial charge in [-0.05, 0) is 185 Å². The zero-order valence-corrected chi connectivity index (χ0v) is 69.3. The van der Waals surface area contributed by atoms with Gasteiger partial charge in [0.05, 0.1) is 27.5 Å². The summed E-state index contributed by atoms with van der Waals surface area (Å²) in [6.45, 7) is 4.61. The van der Waals surface area contributed by atoms with Crippen molar-refractivity contribution >= 4 is 43.6 Å². The highest BCUT2D eigenvalue weighted by atomic mass is 15.0. The number of rotatable bonds is 14. The first-order valence-electron chi connectivity index (χ1n) is 43.0. The summed E-state index contributed by atoms with van der Waals surface area (Å²) >= 11 is 0. The van der Waals surface area contributed by atoms with Gasteiger partial charge in [0.1, 0.15) is 0 Å². The van der Waals surface area contributed by atoms with Crippen molar-refractivity contribution in [3.63, 3.8) is 0 Å². The lowest BCUT2D eigenvalue weighted by Gasteiger charge is -2.34. The zero-order chi connectivity index (χ0) is 83.8. The Labute approximate surface area is 731 Å². The summed E-state index contributed by atoms with van der Waals surface area (Å²) in [6.07, 6.45) is 0. The first kappa shape index (κ1) is 74.6. The van der Waals surface area contributed by atoms with E-state index >= 15 is 0 Å². The molecule has 592 valence electrons. The quantitative estimate of drug-likeness (QED) is 0.108. The molecule has 22 aromatic rings. The third kappa shape index (κ3) is 12.8. The van der Waals surface area contributed by atoms with Gasteiger partial charge < -0.3 is 9.13 Å². The summed E-state index contributed by atoms with van der Waals surface area (Å²) in [5, 5.41) is 4.80. The van der Waals surface area contributed by atoms with Crippen molar-refractivity contribution in [3.05, 3.63) is 482 Å². The summed E-state index contributed by atoms with van der Waals surface area (Å²) in [5.74, 6) is 3.80. The fourth-order valence-electron chi connectivity index (χ4n) is 19.7. The van der Waals surface area contributed by atoms with Gasteiger partial charge in [0.25, 0.3) is 0 Å². The Morgan fingerprint density at radius 2 is 0.476 bits per heavy atom. The van der Waals surface area contributed by atoms with E-state index in [1.165, 1.54) is 105 Å². The summed E-state index contributed by atoms with van der Waals surface area (Å²) in [5.41, 5.74) is 33.6. The Bertz CT molecular complexity index is 7910. The molecule has 2 aliphatic carbocycles. The van der Waals surface area contributed by atoms with Crippen LogP contribution in [0.25, 0.3) is 190 Å². The SMILES string of the molecule is CC1(C)c2ccccc2-c2ccc(-c3nc(-c4ccccc4)nc(-c4cccc(-c5cccc6c5c5cc(-c7ccccc7)ccc5n6-c5ccccc5)c4)n3)cc21.c1ccc(-c2ccc3c(c2)c2c(-c4cccc(-c5nc(-c6ccccc6)nc(-c6ccc7c(c6)C(c6ccccc6)(c6ccccc6)c6ccccc6-7)n5)c4)cccc2n3-c2ccccc2)cc1. The number of para-hydroxylation sites is 2. The molecule has 0 aliphatic heterocycles. The first-order valence-corrected chi connectivity index (χ1v) is 43.0. The van der Waals surface area contributed by atoms with Crippen LogP contribution in [0.2, 0.25) is 0 Å². The third-order valence-corrected chi connectivity index (χ3v) is 25.6. The average molecular weight is 1610 g/mol. The van der Waals surface area contributed by atoms with E-state index in [2.05, 4.69) is 435 Å². The molecule has 0 unspecified atom stereocenters. The van der Waals surface area contributed by atoms with Crippen molar-refractivity contribution in [1.82, 2.24) is 39.0 Å². The van der Waals surface area contributed by atoms with Gasteiger partial charge in [0, 0.05) is 71.7 Å². The summed E-state index contributed by atoms with van der Waals surface area (Å²) in [6, 6.07) is 160. The van der Waals surface area contributed by atoms with Gasteiger partial charge in [0.15, 0.2) is 34.9 Å². The summed E-state index contributed by atoms with van der Waals surface area (Å²) < 4.78 is 4.77. The van der Waals surface area contributed by atoms with Gasteiger partial charge in [0.2, 0.25) is 0 Å². The van der Waals surface area contributed by atoms with Crippen molar-refractivity contribution in [3.8, 4) is 146 Å². The highest BCUT2D eigenvalue weighted by Gasteiger charge is 2.46. The van der Waals surface area contributed by atoms with Crippen molar-refractivity contribution in [2.75, 3.05) is 0 Å². The number of hydrogen-bond acceptors (Lipinski definition) is 6. The Hall–Kier alpha value is -16.4. The molecule has 8 nitrogen and oxygen atoms in total. The molecule has 0 radical (unpaired) electrons. The van der Waals surface area contributed by atoms with Crippen LogP contribution >= 0.6 is 0 Å². The minimum absolute atomic E-state index is 0.138. The van der Waals surface area contributed by atoms with Crippen LogP contribution in [0.3, 0.4) is 0 Å². The molecule has 0 spiro atoms. The van der Waals surface area contributed by atoms with Crippen LogP contribution in [0.4, 0.5) is 0 Å². The van der Waals surface area contributed by atoms with E-state index in [1.807, 2.05) is 36.4 Å². The zero-order valence-electron chi connectivity index (χ0n) is 69.3. The van der Waals surface area contributed by atoms with Crippen LogP contribution in [-0.4, -0.2) is 39.0 Å². The first-order chi connectivity index (χ1) is 62.2. The Morgan fingerprint density at radius 1 is 0.183 bits per heavy atom. The molecule has 0 bridgehead atoms. The van der Waals surface area contributed by atoms with Crippen LogP contribution in [0, 0.1) is 0 Å². The van der Waals surface area contributed by atoms with E-state index < -0.39 is 5.41 Å². The number of benzene rings is 18. The lowest BCUT2D eigenvalue weighted by Crippen LogP contribution is -2.28. The lowest BCUT2D eigenvalue weighted by molar-refractivity contribution is 0.660. The molecule has 0 atom stereocenters. The molecule has 0 amide bonds. The van der Waals surface area contributed by atoms with E-state index in [1.54, 1.807) is 0 Å². The number of aromatic nitrogens is 8. The maximum absolute atomic E-state index is 5.38. The van der Waals surface area contributed by atoms with E-state index in [0.29, 0.717) is 34.9 Å². The number of hydrogen-bond donors (Lipinski definition) is 0. The molecular weight excluding hydrogens is 1530 g/mol. The molecule has 8 heteroatoms. The standard InChI is InChI=1S/C64H42N4.C54H38N4/c1-6-20-43(21-7-1)45-37-39-58-55(41-45)60-52(33-19-35-59(60)68(58)51-30-14-5-15-31-51)46-24-18-25-47(40-46)62-65-61(44-22-8-2-9-23-44)66-63(67-62)48-36-38-54-53-32-16-17-34-56(53)64(57(54)42-48,49-26-10-3-11-27-49)50-28-12-4-13-29-50;1-54(2)46-26-13-12-24-43(46)44-30-28-40(34-47(44)54)53-56-51(36-18-8-4-9-19-36)55-52(57-53)39-21-14-20-38(32-39)42-25-15-27-49-50(42)45-33-37(35-16-6-3-7-17-35)29-31-48(45)58(49)41-22-10-5-11-23-41/h1-42H;3-34H,1-2H3. The molecule has 0 N–H and O–H groups in total. The van der Waals surface area contributed by atoms with Crippen LogP contribution < -0.4 is 0 Å². The monoisotopic (exact) mass is 1610 g/mol. The second kappa shape index (κ2) is 30.9. The second-order valence-electron chi connectivity index (χ2n) is 33.2. The van der Waals surface area contributed by atoms with E-state index in [0.717, 1.165) is 83.6 Å². The fraction of sp³-hybridized carbons (Fsp3) is 0.0339. The predicted octanol–water partition coefficient (Wildman–Crippen LogP) is 29.3. The van der Waals surface area contributed by atoms with Crippen LogP contribution in [0.15, 0.2) is 449 Å². The van der Waals surface area contributed by atoms with Crippen molar-refractivity contribution in [2.24, 2.45) is 0 Å². The largest absolute Gasteiger partial charge is 0.309 e. The predicted molar refractivity (Wildman–Crippen MR) is 518 cm³/mol. The minimum atomic E-state index is -0.552. The molecule has 0 saturated heterocycles. The fourth-order valence-corrected chi connectivity index (χ4v) is 19.7. The lowest BCUT2D eigenvalue weighted by atomic mass is 9.67.